The Morgan fingerprint density at radius 2 is 1.86 bits per heavy atom. The van der Waals surface area contributed by atoms with E-state index in [-0.39, 0.29) is 0 Å². The average Bonchev–Trinajstić information content (AvgIpc) is 2.18. The Morgan fingerprint density at radius 1 is 1.14 bits per heavy atom. The largest absolute Gasteiger partial charge is 0.374 e. The molecule has 0 aliphatic rings. The first kappa shape index (κ1) is 11.1. The molecule has 0 radical (unpaired) electrons. The Labute approximate surface area is 87.7 Å². The van der Waals surface area contributed by atoms with Crippen LogP contribution in [-0.2, 0) is 0 Å². The van der Waals surface area contributed by atoms with Gasteiger partial charge >= 0.3 is 0 Å². The van der Waals surface area contributed by atoms with E-state index in [1.165, 1.54) is 37.1 Å². The Bertz CT molecular complexity index is 268. The summed E-state index contributed by atoms with van der Waals surface area (Å²) in [4.78, 5) is 2.35. The van der Waals surface area contributed by atoms with Gasteiger partial charge in [-0.15, -0.1) is 0 Å². The Hall–Kier alpha value is -0.980. The number of aryl methyl sites for hydroxylation is 1. The second kappa shape index (κ2) is 5.69. The number of unbranched alkanes of at least 4 members (excludes halogenated alkanes) is 2. The summed E-state index contributed by atoms with van der Waals surface area (Å²) in [5.41, 5.74) is 2.73. The van der Waals surface area contributed by atoms with Gasteiger partial charge in [0.25, 0.3) is 0 Å². The third-order valence-electron chi connectivity index (χ3n) is 2.62. The van der Waals surface area contributed by atoms with Crippen molar-refractivity contribution in [3.05, 3.63) is 29.8 Å². The standard InChI is InChI=1S/C13H21N/c1-4-5-8-11-14(3)13-10-7-6-9-12(13)2/h6-7,9-10H,4-5,8,11H2,1-3H3. The lowest BCUT2D eigenvalue weighted by molar-refractivity contribution is 0.704. The Morgan fingerprint density at radius 3 is 2.50 bits per heavy atom. The molecular formula is C13H21N. The van der Waals surface area contributed by atoms with Gasteiger partial charge in [-0.25, -0.2) is 0 Å². The minimum Gasteiger partial charge on any atom is -0.374 e. The van der Waals surface area contributed by atoms with Crippen LogP contribution in [0.4, 0.5) is 5.69 Å². The summed E-state index contributed by atoms with van der Waals surface area (Å²) in [6, 6.07) is 8.57. The Kier molecular flexibility index (Phi) is 4.51. The van der Waals surface area contributed by atoms with Crippen molar-refractivity contribution in [3.8, 4) is 0 Å². The Balaban J connectivity index is 2.51. The molecule has 0 saturated carbocycles. The fourth-order valence-corrected chi connectivity index (χ4v) is 1.71. The van der Waals surface area contributed by atoms with Crippen molar-refractivity contribution < 1.29 is 0 Å². The summed E-state index contributed by atoms with van der Waals surface area (Å²) in [7, 11) is 2.18. The van der Waals surface area contributed by atoms with E-state index in [2.05, 4.69) is 50.1 Å². The van der Waals surface area contributed by atoms with Gasteiger partial charge < -0.3 is 4.90 Å². The summed E-state index contributed by atoms with van der Waals surface area (Å²) in [5.74, 6) is 0. The molecule has 0 amide bonds. The van der Waals surface area contributed by atoms with Crippen molar-refractivity contribution in [2.75, 3.05) is 18.5 Å². The zero-order valence-electron chi connectivity index (χ0n) is 9.59. The van der Waals surface area contributed by atoms with Crippen LogP contribution in [0.25, 0.3) is 0 Å². The molecule has 1 aromatic rings. The van der Waals surface area contributed by atoms with Crippen molar-refractivity contribution in [2.45, 2.75) is 33.1 Å². The van der Waals surface area contributed by atoms with Crippen LogP contribution in [0.15, 0.2) is 24.3 Å². The number of para-hydroxylation sites is 1. The molecule has 1 rings (SSSR count). The SMILES string of the molecule is CCCCCN(C)c1ccccc1C. The summed E-state index contributed by atoms with van der Waals surface area (Å²) in [6.07, 6.45) is 3.92. The van der Waals surface area contributed by atoms with Gasteiger partial charge in [-0.3, -0.25) is 0 Å². The lowest BCUT2D eigenvalue weighted by atomic mass is 10.1. The second-order valence-corrected chi connectivity index (χ2v) is 3.92. The molecule has 0 bridgehead atoms. The zero-order chi connectivity index (χ0) is 10.4. The van der Waals surface area contributed by atoms with E-state index in [0.29, 0.717) is 0 Å². The first-order chi connectivity index (χ1) is 6.75. The minimum absolute atomic E-state index is 1.17. The van der Waals surface area contributed by atoms with Gasteiger partial charge in [0.05, 0.1) is 0 Å². The number of hydrogen-bond donors (Lipinski definition) is 0. The van der Waals surface area contributed by atoms with Crippen LogP contribution >= 0.6 is 0 Å². The number of rotatable bonds is 5. The molecule has 0 aliphatic heterocycles. The number of benzene rings is 1. The minimum atomic E-state index is 1.17. The predicted octanol–water partition coefficient (Wildman–Crippen LogP) is 3.62. The average molecular weight is 191 g/mol. The zero-order valence-corrected chi connectivity index (χ0v) is 9.59. The molecule has 0 aromatic heterocycles. The van der Waals surface area contributed by atoms with Gasteiger partial charge in [0.1, 0.15) is 0 Å². The molecule has 0 heterocycles. The summed E-state index contributed by atoms with van der Waals surface area (Å²) < 4.78 is 0. The smallest absolute Gasteiger partial charge is 0.0393 e. The van der Waals surface area contributed by atoms with E-state index >= 15 is 0 Å². The quantitative estimate of drug-likeness (QED) is 0.642. The molecule has 0 fully saturated rings. The molecule has 0 aliphatic carbocycles. The van der Waals surface area contributed by atoms with Crippen LogP contribution in [0.5, 0.6) is 0 Å². The first-order valence-electron chi connectivity index (χ1n) is 5.52. The fourth-order valence-electron chi connectivity index (χ4n) is 1.71. The van der Waals surface area contributed by atoms with Crippen molar-refractivity contribution >= 4 is 5.69 Å². The first-order valence-corrected chi connectivity index (χ1v) is 5.52. The maximum Gasteiger partial charge on any atom is 0.0393 e. The second-order valence-electron chi connectivity index (χ2n) is 3.92. The molecule has 14 heavy (non-hydrogen) atoms. The van der Waals surface area contributed by atoms with Crippen molar-refractivity contribution in [3.63, 3.8) is 0 Å². The molecule has 0 spiro atoms. The molecule has 1 nitrogen and oxygen atoms in total. The molecule has 0 atom stereocenters. The maximum atomic E-state index is 2.35. The van der Waals surface area contributed by atoms with Crippen LogP contribution in [0.3, 0.4) is 0 Å². The van der Waals surface area contributed by atoms with Gasteiger partial charge in [0, 0.05) is 19.3 Å². The molecule has 0 saturated heterocycles. The van der Waals surface area contributed by atoms with Crippen molar-refractivity contribution in [2.24, 2.45) is 0 Å². The lowest BCUT2D eigenvalue weighted by Crippen LogP contribution is -2.19. The van der Waals surface area contributed by atoms with E-state index < -0.39 is 0 Å². The topological polar surface area (TPSA) is 3.24 Å². The van der Waals surface area contributed by atoms with E-state index in [9.17, 15) is 0 Å². The van der Waals surface area contributed by atoms with E-state index in [1.807, 2.05) is 0 Å². The molecule has 1 aromatic carbocycles. The highest BCUT2D eigenvalue weighted by molar-refractivity contribution is 5.52. The lowest BCUT2D eigenvalue weighted by Gasteiger charge is -2.21. The van der Waals surface area contributed by atoms with Crippen LogP contribution < -0.4 is 4.90 Å². The third-order valence-corrected chi connectivity index (χ3v) is 2.62. The summed E-state index contributed by atoms with van der Waals surface area (Å²) in [6.45, 7) is 5.58. The van der Waals surface area contributed by atoms with Gasteiger partial charge in [-0.2, -0.15) is 0 Å². The van der Waals surface area contributed by atoms with Gasteiger partial charge in [0.2, 0.25) is 0 Å². The highest BCUT2D eigenvalue weighted by atomic mass is 15.1. The van der Waals surface area contributed by atoms with Crippen LogP contribution in [0, 0.1) is 6.92 Å². The number of anilines is 1. The predicted molar refractivity (Wildman–Crippen MR) is 64.0 cm³/mol. The van der Waals surface area contributed by atoms with E-state index in [1.54, 1.807) is 0 Å². The van der Waals surface area contributed by atoms with Crippen molar-refractivity contribution in [1.82, 2.24) is 0 Å². The van der Waals surface area contributed by atoms with Crippen LogP contribution in [0.1, 0.15) is 31.7 Å². The van der Waals surface area contributed by atoms with E-state index in [4.69, 9.17) is 0 Å². The highest BCUT2D eigenvalue weighted by Crippen LogP contribution is 2.18. The molecular weight excluding hydrogens is 170 g/mol. The number of hydrogen-bond acceptors (Lipinski definition) is 1. The molecule has 78 valence electrons. The molecule has 0 unspecified atom stereocenters. The highest BCUT2D eigenvalue weighted by Gasteiger charge is 2.01. The molecule has 0 N–H and O–H groups in total. The normalized spacial score (nSPS) is 10.2. The van der Waals surface area contributed by atoms with Crippen molar-refractivity contribution in [1.29, 1.82) is 0 Å². The van der Waals surface area contributed by atoms with Crippen LogP contribution in [0.2, 0.25) is 0 Å². The summed E-state index contributed by atoms with van der Waals surface area (Å²) in [5, 5.41) is 0. The van der Waals surface area contributed by atoms with Gasteiger partial charge in [0.15, 0.2) is 0 Å². The summed E-state index contributed by atoms with van der Waals surface area (Å²) >= 11 is 0. The number of nitrogens with zero attached hydrogens (tertiary/aromatic N) is 1. The fraction of sp³-hybridized carbons (Fsp3) is 0.538. The van der Waals surface area contributed by atoms with Crippen LogP contribution in [-0.4, -0.2) is 13.6 Å². The maximum absolute atomic E-state index is 2.35. The van der Waals surface area contributed by atoms with Gasteiger partial charge in [-0.05, 0) is 25.0 Å². The third kappa shape index (κ3) is 3.06. The van der Waals surface area contributed by atoms with E-state index in [0.717, 1.165) is 0 Å². The van der Waals surface area contributed by atoms with Gasteiger partial charge in [-0.1, -0.05) is 38.0 Å². The molecule has 1 heteroatoms. The monoisotopic (exact) mass is 191 g/mol.